The molecule has 0 fully saturated rings. The van der Waals surface area contributed by atoms with Crippen molar-refractivity contribution in [1.82, 2.24) is 16.2 Å². The molecule has 144 valence electrons. The number of unbranched alkanes of at least 4 members (excludes halogenated alkanes) is 4. The molecule has 0 unspecified atom stereocenters. The molecule has 0 aliphatic rings. The van der Waals surface area contributed by atoms with Crippen molar-refractivity contribution in [3.63, 3.8) is 0 Å². The van der Waals surface area contributed by atoms with E-state index < -0.39 is 0 Å². The number of carbonyl (C=O) groups is 2. The Kier molecular flexibility index (Phi) is 11.0. The molecule has 0 radical (unpaired) electrons. The molecule has 0 saturated heterocycles. The average Bonchev–Trinajstić information content (AvgIpc) is 2.64. The quantitative estimate of drug-likeness (QED) is 0.330. The third-order valence-corrected chi connectivity index (χ3v) is 3.89. The van der Waals surface area contributed by atoms with Gasteiger partial charge in [0.05, 0.1) is 12.2 Å². The Balaban J connectivity index is 2.46. The fourth-order valence-electron chi connectivity index (χ4n) is 2.24. The van der Waals surface area contributed by atoms with Crippen molar-refractivity contribution in [2.75, 3.05) is 6.61 Å². The number of rotatable bonds is 10. The summed E-state index contributed by atoms with van der Waals surface area (Å²) in [6, 6.07) is 7.02. The molecule has 0 heterocycles. The van der Waals surface area contributed by atoms with Gasteiger partial charge in [0.15, 0.2) is 5.11 Å². The number of benzene rings is 1. The Morgan fingerprint density at radius 2 is 1.69 bits per heavy atom. The fourth-order valence-corrected chi connectivity index (χ4v) is 2.38. The van der Waals surface area contributed by atoms with Crippen LogP contribution in [0.2, 0.25) is 0 Å². The number of hydrogen-bond donors (Lipinski definition) is 3. The topological polar surface area (TPSA) is 79.5 Å². The molecule has 7 heteroatoms. The van der Waals surface area contributed by atoms with Gasteiger partial charge in [-0.3, -0.25) is 25.8 Å². The van der Waals surface area contributed by atoms with Gasteiger partial charge >= 0.3 is 0 Å². The maximum atomic E-state index is 12.4. The molecular formula is C19H29N3O3S. The van der Waals surface area contributed by atoms with Gasteiger partial charge in [-0.05, 0) is 37.2 Å². The lowest BCUT2D eigenvalue weighted by Crippen LogP contribution is -2.48. The molecule has 0 bridgehead atoms. The summed E-state index contributed by atoms with van der Waals surface area (Å²) in [4.78, 5) is 24.0. The summed E-state index contributed by atoms with van der Waals surface area (Å²) >= 11 is 5.05. The largest absolute Gasteiger partial charge is 0.493 e. The monoisotopic (exact) mass is 379 g/mol. The molecule has 0 aromatic heterocycles. The van der Waals surface area contributed by atoms with Gasteiger partial charge in [0.1, 0.15) is 5.75 Å². The van der Waals surface area contributed by atoms with Crippen molar-refractivity contribution in [1.29, 1.82) is 0 Å². The third-order valence-electron chi connectivity index (χ3n) is 3.69. The zero-order chi connectivity index (χ0) is 19.2. The number of amides is 2. The summed E-state index contributed by atoms with van der Waals surface area (Å²) in [5.74, 6) is -0.0176. The lowest BCUT2D eigenvalue weighted by Gasteiger charge is -2.13. The molecule has 0 aliphatic carbocycles. The van der Waals surface area contributed by atoms with Crippen LogP contribution in [-0.4, -0.2) is 23.5 Å². The van der Waals surface area contributed by atoms with Crippen LogP contribution in [0.1, 0.15) is 69.2 Å². The van der Waals surface area contributed by atoms with Crippen LogP contribution in [0.5, 0.6) is 5.75 Å². The highest BCUT2D eigenvalue weighted by atomic mass is 32.1. The molecule has 6 nitrogen and oxygen atoms in total. The van der Waals surface area contributed by atoms with Crippen molar-refractivity contribution in [3.05, 3.63) is 29.8 Å². The van der Waals surface area contributed by atoms with Crippen LogP contribution in [0.25, 0.3) is 0 Å². The van der Waals surface area contributed by atoms with Gasteiger partial charge in [0.2, 0.25) is 5.91 Å². The highest BCUT2D eigenvalue weighted by molar-refractivity contribution is 7.80. The zero-order valence-electron chi connectivity index (χ0n) is 15.6. The van der Waals surface area contributed by atoms with E-state index >= 15 is 0 Å². The van der Waals surface area contributed by atoms with Crippen LogP contribution in [-0.2, 0) is 4.79 Å². The molecule has 26 heavy (non-hydrogen) atoms. The minimum Gasteiger partial charge on any atom is -0.493 e. The SMILES string of the molecule is CCCCCOc1ccccc1C(=O)NC(=S)NNC(=O)CCCCC. The van der Waals surface area contributed by atoms with Crippen molar-refractivity contribution in [2.24, 2.45) is 0 Å². The number of hydrogen-bond acceptors (Lipinski definition) is 4. The van der Waals surface area contributed by atoms with E-state index in [9.17, 15) is 9.59 Å². The van der Waals surface area contributed by atoms with Crippen molar-refractivity contribution in [3.8, 4) is 5.75 Å². The van der Waals surface area contributed by atoms with E-state index in [0.29, 0.717) is 24.3 Å². The second kappa shape index (κ2) is 13.1. The maximum Gasteiger partial charge on any atom is 0.261 e. The van der Waals surface area contributed by atoms with E-state index in [4.69, 9.17) is 17.0 Å². The van der Waals surface area contributed by atoms with Crippen LogP contribution >= 0.6 is 12.2 Å². The number of ether oxygens (including phenoxy) is 1. The minimum absolute atomic E-state index is 0.0413. The van der Waals surface area contributed by atoms with E-state index in [0.717, 1.165) is 38.5 Å². The number of nitrogens with one attached hydrogen (secondary N) is 3. The van der Waals surface area contributed by atoms with Gasteiger partial charge in [-0.15, -0.1) is 0 Å². The first kappa shape index (κ1) is 21.9. The molecule has 1 rings (SSSR count). The summed E-state index contributed by atoms with van der Waals surface area (Å²) in [5.41, 5.74) is 5.44. The van der Waals surface area contributed by atoms with Gasteiger partial charge in [-0.25, -0.2) is 0 Å². The molecule has 0 atom stereocenters. The van der Waals surface area contributed by atoms with E-state index in [1.54, 1.807) is 18.2 Å². The first-order chi connectivity index (χ1) is 12.6. The molecule has 0 aliphatic heterocycles. The zero-order valence-corrected chi connectivity index (χ0v) is 16.4. The van der Waals surface area contributed by atoms with Crippen molar-refractivity contribution in [2.45, 2.75) is 58.8 Å². The maximum absolute atomic E-state index is 12.4. The number of para-hydroxylation sites is 1. The summed E-state index contributed by atoms with van der Waals surface area (Å²) in [6.07, 6.45) is 6.43. The number of hydrazine groups is 1. The van der Waals surface area contributed by atoms with Gasteiger partial charge < -0.3 is 4.74 Å². The summed E-state index contributed by atoms with van der Waals surface area (Å²) in [6.45, 7) is 4.76. The van der Waals surface area contributed by atoms with Crippen LogP contribution in [0.15, 0.2) is 24.3 Å². The standard InChI is InChI=1S/C19H29N3O3S/c1-3-5-7-13-17(23)21-22-19(26)20-18(24)15-11-8-9-12-16(15)25-14-10-6-4-2/h8-9,11-12H,3-7,10,13-14H2,1-2H3,(H,21,23)(H2,20,22,24,26). The van der Waals surface area contributed by atoms with Crippen molar-refractivity contribution < 1.29 is 14.3 Å². The Hall–Kier alpha value is -2.15. The van der Waals surface area contributed by atoms with E-state index in [1.165, 1.54) is 0 Å². The van der Waals surface area contributed by atoms with Gasteiger partial charge in [-0.1, -0.05) is 51.7 Å². The van der Waals surface area contributed by atoms with Crippen molar-refractivity contribution >= 4 is 29.1 Å². The first-order valence-corrected chi connectivity index (χ1v) is 9.61. The van der Waals surface area contributed by atoms with Crippen LogP contribution < -0.4 is 20.9 Å². The number of thiocarbonyl (C=S) groups is 1. The van der Waals surface area contributed by atoms with E-state index in [1.807, 2.05) is 6.07 Å². The molecule has 2 amide bonds. The Morgan fingerprint density at radius 1 is 1.00 bits per heavy atom. The number of carbonyl (C=O) groups excluding carboxylic acids is 2. The molecule has 0 saturated carbocycles. The Bertz CT molecular complexity index is 593. The molecule has 0 spiro atoms. The fraction of sp³-hybridized carbons (Fsp3) is 0.526. The molecule has 1 aromatic rings. The normalized spacial score (nSPS) is 10.1. The second-order valence-electron chi connectivity index (χ2n) is 5.97. The average molecular weight is 380 g/mol. The second-order valence-corrected chi connectivity index (χ2v) is 6.37. The predicted molar refractivity (Wildman–Crippen MR) is 107 cm³/mol. The third kappa shape index (κ3) is 8.80. The van der Waals surface area contributed by atoms with Gasteiger partial charge in [-0.2, -0.15) is 0 Å². The van der Waals surface area contributed by atoms with Gasteiger partial charge in [0.25, 0.3) is 5.91 Å². The smallest absolute Gasteiger partial charge is 0.261 e. The van der Waals surface area contributed by atoms with Gasteiger partial charge in [0, 0.05) is 6.42 Å². The van der Waals surface area contributed by atoms with Crippen LogP contribution in [0.4, 0.5) is 0 Å². The van der Waals surface area contributed by atoms with E-state index in [-0.39, 0.29) is 16.9 Å². The molecule has 1 aromatic carbocycles. The molecular weight excluding hydrogens is 350 g/mol. The lowest BCUT2D eigenvalue weighted by molar-refractivity contribution is -0.121. The molecule has 3 N–H and O–H groups in total. The van der Waals surface area contributed by atoms with Crippen LogP contribution in [0.3, 0.4) is 0 Å². The summed E-state index contributed by atoms with van der Waals surface area (Å²) in [5, 5.41) is 2.59. The summed E-state index contributed by atoms with van der Waals surface area (Å²) < 4.78 is 5.70. The lowest BCUT2D eigenvalue weighted by atomic mass is 10.2. The van der Waals surface area contributed by atoms with E-state index in [2.05, 4.69) is 30.0 Å². The minimum atomic E-state index is -0.381. The Labute approximate surface area is 161 Å². The predicted octanol–water partition coefficient (Wildman–Crippen LogP) is 3.47. The highest BCUT2D eigenvalue weighted by Gasteiger charge is 2.13. The first-order valence-electron chi connectivity index (χ1n) is 9.20. The summed E-state index contributed by atoms with van der Waals surface area (Å²) in [7, 11) is 0. The highest BCUT2D eigenvalue weighted by Crippen LogP contribution is 2.18. The Morgan fingerprint density at radius 3 is 2.42 bits per heavy atom. The van der Waals surface area contributed by atoms with Crippen LogP contribution in [0, 0.1) is 0 Å².